The molecule has 0 unspecified atom stereocenters. The van der Waals surface area contributed by atoms with Crippen LogP contribution in [-0.2, 0) is 16.2 Å². The van der Waals surface area contributed by atoms with E-state index in [1.807, 2.05) is 48.5 Å². The van der Waals surface area contributed by atoms with Gasteiger partial charge >= 0.3 is 0 Å². The normalized spacial score (nSPS) is 10.9. The first-order valence-corrected chi connectivity index (χ1v) is 8.28. The average molecular weight is 362 g/mol. The molecule has 6 heteroatoms. The van der Waals surface area contributed by atoms with E-state index in [9.17, 15) is 9.59 Å². The van der Waals surface area contributed by atoms with Gasteiger partial charge in [-0.05, 0) is 40.1 Å². The second kappa shape index (κ2) is 8.75. The van der Waals surface area contributed by atoms with Crippen LogP contribution in [0, 0.1) is 0 Å². The van der Waals surface area contributed by atoms with Gasteiger partial charge in [0.05, 0.1) is 6.61 Å². The summed E-state index contributed by atoms with van der Waals surface area (Å²) in [7, 11) is 0. The predicted molar refractivity (Wildman–Crippen MR) is 102 cm³/mol. The van der Waals surface area contributed by atoms with Gasteiger partial charge in [0.1, 0.15) is 0 Å². The van der Waals surface area contributed by atoms with Gasteiger partial charge in [-0.1, -0.05) is 54.6 Å². The molecule has 2 amide bonds. The highest BCUT2D eigenvalue weighted by Crippen LogP contribution is 2.15. The Hall–Kier alpha value is -3.48. The molecule has 136 valence electrons. The zero-order valence-corrected chi connectivity index (χ0v) is 14.4. The van der Waals surface area contributed by atoms with Crippen LogP contribution in [0.15, 0.2) is 72.8 Å². The maximum atomic E-state index is 12.2. The largest absolute Gasteiger partial charge is 0.288 e. The topological polar surface area (TPSA) is 87.7 Å². The van der Waals surface area contributed by atoms with E-state index in [4.69, 9.17) is 10.0 Å². The smallest absolute Gasteiger partial charge is 0.274 e. The number of carbonyl (C=O) groups is 2. The van der Waals surface area contributed by atoms with E-state index in [0.717, 1.165) is 21.9 Å². The standard InChI is InChI=1S/C21H18N2O4/c24-20(22-26)12-9-15-5-7-16(8-6-15)14-27-23-21(25)19-11-10-17-3-1-2-4-18(17)13-19/h1-13,26H,14H2,(H,22,24)(H,23,25)/b12-9+. The SMILES string of the molecule is O=C(/C=C/c1ccc(CONC(=O)c2ccc3ccccc3c2)cc1)NO. The van der Waals surface area contributed by atoms with Gasteiger partial charge in [0.2, 0.25) is 0 Å². The first-order chi connectivity index (χ1) is 13.2. The van der Waals surface area contributed by atoms with Gasteiger partial charge in [-0.2, -0.15) is 0 Å². The number of hydrogen-bond acceptors (Lipinski definition) is 4. The van der Waals surface area contributed by atoms with Crippen molar-refractivity contribution in [1.29, 1.82) is 0 Å². The molecule has 0 spiro atoms. The van der Waals surface area contributed by atoms with Crippen LogP contribution in [0.5, 0.6) is 0 Å². The highest BCUT2D eigenvalue weighted by Gasteiger charge is 2.06. The predicted octanol–water partition coefficient (Wildman–Crippen LogP) is 3.22. The average Bonchev–Trinajstić information content (AvgIpc) is 2.72. The van der Waals surface area contributed by atoms with Gasteiger partial charge in [0.15, 0.2) is 0 Å². The minimum Gasteiger partial charge on any atom is -0.288 e. The first kappa shape index (κ1) is 18.3. The maximum absolute atomic E-state index is 12.2. The van der Waals surface area contributed by atoms with Crippen molar-refractivity contribution in [3.05, 3.63) is 89.5 Å². The van der Waals surface area contributed by atoms with Crippen LogP contribution in [0.25, 0.3) is 16.8 Å². The summed E-state index contributed by atoms with van der Waals surface area (Å²) in [4.78, 5) is 28.4. The monoisotopic (exact) mass is 362 g/mol. The fraction of sp³-hybridized carbons (Fsp3) is 0.0476. The van der Waals surface area contributed by atoms with Gasteiger partial charge in [-0.15, -0.1) is 0 Å². The van der Waals surface area contributed by atoms with E-state index < -0.39 is 5.91 Å². The summed E-state index contributed by atoms with van der Waals surface area (Å²) in [6.45, 7) is 0.209. The van der Waals surface area contributed by atoms with Crippen molar-refractivity contribution in [3.63, 3.8) is 0 Å². The van der Waals surface area contributed by atoms with Gasteiger partial charge in [-0.3, -0.25) is 19.6 Å². The molecule has 0 aliphatic rings. The third-order valence-electron chi connectivity index (χ3n) is 3.93. The van der Waals surface area contributed by atoms with Crippen LogP contribution in [0.2, 0.25) is 0 Å². The summed E-state index contributed by atoms with van der Waals surface area (Å²) in [5, 5.41) is 10.5. The highest BCUT2D eigenvalue weighted by molar-refractivity contribution is 5.98. The number of rotatable bonds is 6. The number of hydroxylamine groups is 2. The van der Waals surface area contributed by atoms with Crippen molar-refractivity contribution in [3.8, 4) is 0 Å². The lowest BCUT2D eigenvalue weighted by Gasteiger charge is -2.07. The molecule has 0 saturated carbocycles. The zero-order chi connectivity index (χ0) is 19.1. The molecule has 0 heterocycles. The fourth-order valence-electron chi connectivity index (χ4n) is 2.51. The van der Waals surface area contributed by atoms with Crippen molar-refractivity contribution >= 4 is 28.7 Å². The minimum atomic E-state index is -0.598. The second-order valence-corrected chi connectivity index (χ2v) is 5.83. The van der Waals surface area contributed by atoms with Crippen LogP contribution in [0.1, 0.15) is 21.5 Å². The van der Waals surface area contributed by atoms with Crippen molar-refractivity contribution in [2.24, 2.45) is 0 Å². The van der Waals surface area contributed by atoms with E-state index in [-0.39, 0.29) is 12.5 Å². The molecular weight excluding hydrogens is 344 g/mol. The summed E-state index contributed by atoms with van der Waals surface area (Å²) in [6, 6.07) is 20.5. The van der Waals surface area contributed by atoms with Gasteiger partial charge in [0.25, 0.3) is 11.8 Å². The number of amides is 2. The van der Waals surface area contributed by atoms with Crippen molar-refractivity contribution in [2.45, 2.75) is 6.61 Å². The molecule has 0 radical (unpaired) electrons. The first-order valence-electron chi connectivity index (χ1n) is 8.28. The maximum Gasteiger partial charge on any atom is 0.274 e. The molecule has 0 bridgehead atoms. The van der Waals surface area contributed by atoms with E-state index in [1.165, 1.54) is 11.6 Å². The van der Waals surface area contributed by atoms with Crippen molar-refractivity contribution < 1.29 is 19.6 Å². The Morgan fingerprint density at radius 2 is 1.70 bits per heavy atom. The van der Waals surface area contributed by atoms with E-state index in [0.29, 0.717) is 5.56 Å². The molecule has 0 aliphatic heterocycles. The number of carbonyl (C=O) groups excluding carboxylic acids is 2. The van der Waals surface area contributed by atoms with Crippen LogP contribution >= 0.6 is 0 Å². The van der Waals surface area contributed by atoms with Crippen molar-refractivity contribution in [1.82, 2.24) is 11.0 Å². The molecule has 3 aromatic carbocycles. The minimum absolute atomic E-state index is 0.209. The van der Waals surface area contributed by atoms with E-state index in [2.05, 4.69) is 5.48 Å². The van der Waals surface area contributed by atoms with Crippen LogP contribution < -0.4 is 11.0 Å². The summed E-state index contributed by atoms with van der Waals surface area (Å²) in [6.07, 6.45) is 2.78. The molecule has 27 heavy (non-hydrogen) atoms. The summed E-state index contributed by atoms with van der Waals surface area (Å²) in [5.41, 5.74) is 6.14. The summed E-state index contributed by atoms with van der Waals surface area (Å²) < 4.78 is 0. The molecule has 3 rings (SSSR count). The van der Waals surface area contributed by atoms with E-state index >= 15 is 0 Å². The molecule has 0 fully saturated rings. The van der Waals surface area contributed by atoms with Gasteiger partial charge < -0.3 is 0 Å². The Labute approximate surface area is 156 Å². The molecule has 6 nitrogen and oxygen atoms in total. The fourth-order valence-corrected chi connectivity index (χ4v) is 2.51. The molecule has 3 aromatic rings. The summed E-state index contributed by atoms with van der Waals surface area (Å²) in [5.74, 6) is -0.908. The Morgan fingerprint density at radius 1 is 0.963 bits per heavy atom. The third-order valence-corrected chi connectivity index (χ3v) is 3.93. The lowest BCUT2D eigenvalue weighted by atomic mass is 10.1. The molecular formula is C21H18N2O4. The van der Waals surface area contributed by atoms with Crippen LogP contribution in [0.3, 0.4) is 0 Å². The third kappa shape index (κ3) is 5.01. The molecule has 0 aliphatic carbocycles. The number of hydrogen-bond donors (Lipinski definition) is 3. The number of benzene rings is 3. The molecule has 0 aromatic heterocycles. The van der Waals surface area contributed by atoms with Crippen LogP contribution in [-0.4, -0.2) is 17.0 Å². The Kier molecular flexibility index (Phi) is 5.94. The molecule has 0 saturated heterocycles. The quantitative estimate of drug-likeness (QED) is 0.357. The summed E-state index contributed by atoms with van der Waals surface area (Å²) >= 11 is 0. The number of fused-ring (bicyclic) bond motifs is 1. The Bertz CT molecular complexity index is 981. The zero-order valence-electron chi connectivity index (χ0n) is 14.4. The highest BCUT2D eigenvalue weighted by atomic mass is 16.6. The second-order valence-electron chi connectivity index (χ2n) is 5.83. The van der Waals surface area contributed by atoms with Gasteiger partial charge in [-0.25, -0.2) is 11.0 Å². The molecule has 3 N–H and O–H groups in total. The Morgan fingerprint density at radius 3 is 2.44 bits per heavy atom. The van der Waals surface area contributed by atoms with E-state index in [1.54, 1.807) is 24.3 Å². The lowest BCUT2D eigenvalue weighted by Crippen LogP contribution is -2.23. The Balaban J connectivity index is 1.53. The number of nitrogens with one attached hydrogen (secondary N) is 2. The molecule has 0 atom stereocenters. The van der Waals surface area contributed by atoms with Crippen molar-refractivity contribution in [2.75, 3.05) is 0 Å². The van der Waals surface area contributed by atoms with Gasteiger partial charge in [0, 0.05) is 11.6 Å². The van der Waals surface area contributed by atoms with Crippen LogP contribution in [0.4, 0.5) is 0 Å². The lowest BCUT2D eigenvalue weighted by molar-refractivity contribution is -0.124.